The van der Waals surface area contributed by atoms with E-state index in [9.17, 15) is 45.3 Å². The number of Topliss-reactive ketones (excluding diaryl/α,β-unsaturated/α-hetero) is 1. The highest BCUT2D eigenvalue weighted by Gasteiger charge is 2.34. The molecule has 5 aromatic rings. The molecule has 6 rings (SSSR count). The molecule has 1 atom stereocenters. The van der Waals surface area contributed by atoms with Crippen LogP contribution in [0.2, 0.25) is 0 Å². The van der Waals surface area contributed by atoms with E-state index in [0.29, 0.717) is 5.56 Å². The molecule has 0 unspecified atom stereocenters. The Morgan fingerprint density at radius 3 is 2.05 bits per heavy atom. The third kappa shape index (κ3) is 4.16. The predicted octanol–water partition coefficient (Wildman–Crippen LogP) is 4.77. The van der Waals surface area contributed by atoms with Crippen LogP contribution in [0.15, 0.2) is 69.9 Å². The lowest BCUT2D eigenvalue weighted by molar-refractivity contribution is 0.0845. The van der Waals surface area contributed by atoms with E-state index in [2.05, 4.69) is 0 Å². The number of ketones is 1. The topological polar surface area (TPSA) is 198 Å². The van der Waals surface area contributed by atoms with Crippen molar-refractivity contribution in [1.82, 2.24) is 0 Å². The summed E-state index contributed by atoms with van der Waals surface area (Å²) < 4.78 is 11.7. The molecule has 0 bridgehead atoms. The molecule has 1 aromatic heterocycles. The van der Waals surface area contributed by atoms with Crippen molar-refractivity contribution >= 4 is 16.8 Å². The Morgan fingerprint density at radius 2 is 1.34 bits per heavy atom. The summed E-state index contributed by atoms with van der Waals surface area (Å²) in [7, 11) is 0. The maximum atomic E-state index is 13.2. The van der Waals surface area contributed by atoms with Crippen molar-refractivity contribution in [2.24, 2.45) is 0 Å². The molecule has 7 N–H and O–H groups in total. The van der Waals surface area contributed by atoms with E-state index in [1.165, 1.54) is 12.1 Å². The van der Waals surface area contributed by atoms with Gasteiger partial charge in [-0.1, -0.05) is 12.1 Å². The zero-order chi connectivity index (χ0) is 29.2. The fraction of sp³-hybridized carbons (Fsp3) is 0.0667. The molecule has 0 spiro atoms. The molecule has 206 valence electrons. The maximum Gasteiger partial charge on any atom is 0.197 e. The van der Waals surface area contributed by atoms with Crippen LogP contribution in [0.5, 0.6) is 46.0 Å². The molecule has 41 heavy (non-hydrogen) atoms. The summed E-state index contributed by atoms with van der Waals surface area (Å²) in [5.41, 5.74) is -1.10. The predicted molar refractivity (Wildman–Crippen MR) is 144 cm³/mol. The van der Waals surface area contributed by atoms with Gasteiger partial charge in [0, 0.05) is 35.4 Å². The van der Waals surface area contributed by atoms with Gasteiger partial charge >= 0.3 is 0 Å². The Kier molecular flexibility index (Phi) is 5.66. The van der Waals surface area contributed by atoms with Crippen LogP contribution in [0, 0.1) is 0 Å². The molecule has 4 aromatic carbocycles. The lowest BCUT2D eigenvalue weighted by Crippen LogP contribution is -2.20. The summed E-state index contributed by atoms with van der Waals surface area (Å²) in [6.45, 7) is 0. The lowest BCUT2D eigenvalue weighted by atomic mass is 9.89. The first kappa shape index (κ1) is 25.4. The first-order valence-corrected chi connectivity index (χ1v) is 12.2. The minimum atomic E-state index is -0.756. The molecule has 0 saturated carbocycles. The van der Waals surface area contributed by atoms with Gasteiger partial charge in [-0.05, 0) is 29.8 Å². The number of aromatic hydroxyl groups is 7. The summed E-state index contributed by atoms with van der Waals surface area (Å²) in [5.74, 6) is -4.25. The third-order valence-electron chi connectivity index (χ3n) is 6.87. The number of phenols is 7. The van der Waals surface area contributed by atoms with Crippen LogP contribution in [0.3, 0.4) is 0 Å². The minimum absolute atomic E-state index is 0.0278. The van der Waals surface area contributed by atoms with Gasteiger partial charge in [-0.25, -0.2) is 0 Å². The highest BCUT2D eigenvalue weighted by molar-refractivity contribution is 6.06. The van der Waals surface area contributed by atoms with Gasteiger partial charge in [-0.2, -0.15) is 0 Å². The molecule has 1 aliphatic heterocycles. The third-order valence-corrected chi connectivity index (χ3v) is 6.87. The molecule has 1 aliphatic rings. The normalized spacial score (nSPS) is 14.5. The number of fused-ring (bicyclic) bond motifs is 2. The van der Waals surface area contributed by atoms with Crippen molar-refractivity contribution in [2.75, 3.05) is 0 Å². The van der Waals surface area contributed by atoms with Crippen LogP contribution in [0.4, 0.5) is 0 Å². The van der Waals surface area contributed by atoms with E-state index >= 15 is 0 Å². The second-order valence-corrected chi connectivity index (χ2v) is 9.52. The Balaban J connectivity index is 1.54. The van der Waals surface area contributed by atoms with Crippen LogP contribution < -0.4 is 10.2 Å². The van der Waals surface area contributed by atoms with E-state index < -0.39 is 51.8 Å². The lowest BCUT2D eigenvalue weighted by Gasteiger charge is -2.27. The van der Waals surface area contributed by atoms with Gasteiger partial charge in [0.15, 0.2) is 22.7 Å². The molecule has 0 saturated heterocycles. The molecule has 0 aliphatic carbocycles. The maximum absolute atomic E-state index is 13.2. The first-order chi connectivity index (χ1) is 19.5. The van der Waals surface area contributed by atoms with Crippen molar-refractivity contribution in [2.45, 2.75) is 12.5 Å². The molecule has 0 radical (unpaired) electrons. The Labute approximate surface area is 229 Å². The van der Waals surface area contributed by atoms with Crippen molar-refractivity contribution < 1.29 is 49.7 Å². The van der Waals surface area contributed by atoms with Crippen molar-refractivity contribution in [3.63, 3.8) is 0 Å². The van der Waals surface area contributed by atoms with Crippen LogP contribution in [0.25, 0.3) is 33.4 Å². The van der Waals surface area contributed by atoms with Gasteiger partial charge in [-0.3, -0.25) is 9.59 Å². The molecule has 0 fully saturated rings. The average Bonchev–Trinajstić information content (AvgIpc) is 2.89. The molecule has 11 heteroatoms. The first-order valence-electron chi connectivity index (χ1n) is 12.2. The summed E-state index contributed by atoms with van der Waals surface area (Å²) in [6.07, 6.45) is -0.927. The van der Waals surface area contributed by atoms with E-state index in [1.54, 1.807) is 12.1 Å². The second-order valence-electron chi connectivity index (χ2n) is 9.52. The zero-order valence-corrected chi connectivity index (χ0v) is 20.8. The van der Waals surface area contributed by atoms with E-state index in [-0.39, 0.29) is 56.9 Å². The van der Waals surface area contributed by atoms with Gasteiger partial charge in [0.1, 0.15) is 62.9 Å². The highest BCUT2D eigenvalue weighted by Crippen LogP contribution is 2.52. The van der Waals surface area contributed by atoms with Crippen molar-refractivity contribution in [3.05, 3.63) is 82.0 Å². The summed E-state index contributed by atoms with van der Waals surface area (Å²) in [6, 6.07) is 12.2. The molecule has 11 nitrogen and oxygen atoms in total. The molecule has 2 heterocycles. The van der Waals surface area contributed by atoms with Gasteiger partial charge in [0.05, 0.1) is 12.0 Å². The largest absolute Gasteiger partial charge is 0.508 e. The number of hydrogen-bond acceptors (Lipinski definition) is 11. The van der Waals surface area contributed by atoms with Crippen molar-refractivity contribution in [3.8, 4) is 68.4 Å². The highest BCUT2D eigenvalue weighted by atomic mass is 16.5. The van der Waals surface area contributed by atoms with Crippen LogP contribution in [0.1, 0.15) is 28.4 Å². The van der Waals surface area contributed by atoms with Gasteiger partial charge in [0.25, 0.3) is 0 Å². The van der Waals surface area contributed by atoms with Crippen molar-refractivity contribution in [1.29, 1.82) is 0 Å². The molecule has 0 amide bonds. The quantitative estimate of drug-likeness (QED) is 0.151. The average molecular weight is 556 g/mol. The Bertz CT molecular complexity index is 1960. The fourth-order valence-electron chi connectivity index (χ4n) is 4.97. The summed E-state index contributed by atoms with van der Waals surface area (Å²) in [4.78, 5) is 26.1. The van der Waals surface area contributed by atoms with Crippen LogP contribution in [-0.4, -0.2) is 41.5 Å². The van der Waals surface area contributed by atoms with Gasteiger partial charge in [0.2, 0.25) is 0 Å². The second kappa shape index (κ2) is 9.12. The number of carbonyl (C=O) groups excluding carboxylic acids is 1. The van der Waals surface area contributed by atoms with E-state index in [4.69, 9.17) is 9.15 Å². The molecular formula is C30H20O11. The van der Waals surface area contributed by atoms with Gasteiger partial charge < -0.3 is 44.9 Å². The number of hydrogen-bond donors (Lipinski definition) is 7. The Hall–Kier alpha value is -5.84. The molecular weight excluding hydrogens is 536 g/mol. The smallest absolute Gasteiger partial charge is 0.197 e. The van der Waals surface area contributed by atoms with Gasteiger partial charge in [-0.15, -0.1) is 0 Å². The number of phenolic OH excluding ortho intramolecular Hbond substituents is 7. The standard InChI is InChI=1S/C30H20O11/c31-13-3-1-12(2-4-13)23-9-22(38)29-26(40-23)11-20(36)27(30(29)39)16-8-18(34)17(33)7-15(16)24-10-21(37)28-19(35)5-14(32)6-25(28)41-24/h1-8,10-11,23,31-36,39H,9H2/t23-/m0/s1. The SMILES string of the molecule is O=C1C[C@@H](c2ccc(O)cc2)Oc2cc(O)c(-c3cc(O)c(O)cc3-c3cc(=O)c4c(O)cc(O)cc4o3)c(O)c21. The summed E-state index contributed by atoms with van der Waals surface area (Å²) in [5, 5.41) is 72.2. The van der Waals surface area contributed by atoms with Crippen LogP contribution >= 0.6 is 0 Å². The fourth-order valence-corrected chi connectivity index (χ4v) is 4.97. The summed E-state index contributed by atoms with van der Waals surface area (Å²) >= 11 is 0. The number of benzene rings is 4. The monoisotopic (exact) mass is 556 g/mol. The minimum Gasteiger partial charge on any atom is -0.508 e. The van der Waals surface area contributed by atoms with Crippen LogP contribution in [-0.2, 0) is 0 Å². The Morgan fingerprint density at radius 1 is 0.659 bits per heavy atom. The number of carbonyl (C=O) groups is 1. The van der Waals surface area contributed by atoms with E-state index in [0.717, 1.165) is 36.4 Å². The zero-order valence-electron chi connectivity index (χ0n) is 20.8. The number of rotatable bonds is 3. The van der Waals surface area contributed by atoms with E-state index in [1.807, 2.05) is 0 Å². The number of ether oxygens (including phenoxy) is 1.